The molecule has 3 nitrogen and oxygen atoms in total. The van der Waals surface area contributed by atoms with E-state index >= 15 is 0 Å². The lowest BCUT2D eigenvalue weighted by Crippen LogP contribution is -2.09. The van der Waals surface area contributed by atoms with Crippen molar-refractivity contribution < 1.29 is 4.74 Å². The third-order valence-corrected chi connectivity index (χ3v) is 1.98. The summed E-state index contributed by atoms with van der Waals surface area (Å²) >= 11 is 0. The Bertz CT molecular complexity index is 297. The van der Waals surface area contributed by atoms with Crippen molar-refractivity contribution in [3.05, 3.63) is 22.9 Å². The van der Waals surface area contributed by atoms with Crippen LogP contribution in [0.5, 0.6) is 5.88 Å². The first-order valence-electron chi connectivity index (χ1n) is 4.34. The van der Waals surface area contributed by atoms with Gasteiger partial charge < -0.3 is 10.1 Å². The molecule has 13 heavy (non-hydrogen) atoms. The third kappa shape index (κ3) is 2.18. The van der Waals surface area contributed by atoms with E-state index in [1.54, 1.807) is 7.11 Å². The zero-order valence-corrected chi connectivity index (χ0v) is 8.64. The third-order valence-electron chi connectivity index (χ3n) is 1.98. The number of rotatable bonds is 3. The van der Waals surface area contributed by atoms with Crippen LogP contribution in [0.4, 0.5) is 0 Å². The van der Waals surface area contributed by atoms with E-state index in [1.807, 2.05) is 14.0 Å². The minimum Gasteiger partial charge on any atom is -0.481 e. The molecule has 0 spiro atoms. The van der Waals surface area contributed by atoms with Crippen LogP contribution in [0.15, 0.2) is 6.07 Å². The SMILES string of the molecule is CNCc1c(C)cc(C)nc1OC. The Hall–Kier alpha value is -1.09. The molecule has 0 aromatic carbocycles. The van der Waals surface area contributed by atoms with Crippen LogP contribution in [-0.4, -0.2) is 19.1 Å². The first-order valence-corrected chi connectivity index (χ1v) is 4.34. The summed E-state index contributed by atoms with van der Waals surface area (Å²) < 4.78 is 5.21. The highest BCUT2D eigenvalue weighted by Crippen LogP contribution is 2.19. The molecule has 1 aromatic rings. The molecule has 1 heterocycles. The molecule has 0 bridgehead atoms. The van der Waals surface area contributed by atoms with Crippen molar-refractivity contribution in [1.82, 2.24) is 10.3 Å². The zero-order chi connectivity index (χ0) is 9.84. The van der Waals surface area contributed by atoms with Gasteiger partial charge in [0.1, 0.15) is 0 Å². The molecule has 0 saturated heterocycles. The molecule has 0 unspecified atom stereocenters. The summed E-state index contributed by atoms with van der Waals surface area (Å²) in [5.41, 5.74) is 3.35. The highest BCUT2D eigenvalue weighted by atomic mass is 16.5. The van der Waals surface area contributed by atoms with E-state index in [0.29, 0.717) is 0 Å². The maximum absolute atomic E-state index is 5.21. The number of ether oxygens (including phenoxy) is 1. The van der Waals surface area contributed by atoms with Gasteiger partial charge in [-0.15, -0.1) is 0 Å². The summed E-state index contributed by atoms with van der Waals surface area (Å²) in [6, 6.07) is 2.06. The highest BCUT2D eigenvalue weighted by Gasteiger charge is 2.07. The number of aryl methyl sites for hydroxylation is 2. The number of hydrogen-bond donors (Lipinski definition) is 1. The molecule has 0 fully saturated rings. The monoisotopic (exact) mass is 180 g/mol. The average Bonchev–Trinajstić information content (AvgIpc) is 2.09. The van der Waals surface area contributed by atoms with Crippen LogP contribution in [0.25, 0.3) is 0 Å². The van der Waals surface area contributed by atoms with Gasteiger partial charge in [-0.1, -0.05) is 0 Å². The lowest BCUT2D eigenvalue weighted by molar-refractivity contribution is 0.390. The molecule has 0 radical (unpaired) electrons. The molecule has 1 aromatic heterocycles. The first-order chi connectivity index (χ1) is 6.19. The Morgan fingerprint density at radius 1 is 1.46 bits per heavy atom. The fourth-order valence-corrected chi connectivity index (χ4v) is 1.39. The van der Waals surface area contributed by atoms with E-state index in [1.165, 1.54) is 5.56 Å². The van der Waals surface area contributed by atoms with Crippen LogP contribution in [0.2, 0.25) is 0 Å². The van der Waals surface area contributed by atoms with Gasteiger partial charge >= 0.3 is 0 Å². The molecule has 0 aliphatic heterocycles. The number of aromatic nitrogens is 1. The number of nitrogens with one attached hydrogen (secondary N) is 1. The fourth-order valence-electron chi connectivity index (χ4n) is 1.39. The number of hydrogen-bond acceptors (Lipinski definition) is 3. The van der Waals surface area contributed by atoms with Crippen molar-refractivity contribution in [2.75, 3.05) is 14.2 Å². The largest absolute Gasteiger partial charge is 0.481 e. The molecule has 3 heteroatoms. The Morgan fingerprint density at radius 2 is 2.15 bits per heavy atom. The van der Waals surface area contributed by atoms with Crippen LogP contribution in [-0.2, 0) is 6.54 Å². The highest BCUT2D eigenvalue weighted by molar-refractivity contribution is 5.35. The number of pyridine rings is 1. The van der Waals surface area contributed by atoms with E-state index in [9.17, 15) is 0 Å². The van der Waals surface area contributed by atoms with Gasteiger partial charge in [0.2, 0.25) is 5.88 Å². The lowest BCUT2D eigenvalue weighted by atomic mass is 10.1. The van der Waals surface area contributed by atoms with Crippen LogP contribution in [0.1, 0.15) is 16.8 Å². The molecular weight excluding hydrogens is 164 g/mol. The summed E-state index contributed by atoms with van der Waals surface area (Å²) in [7, 11) is 3.57. The Balaban J connectivity index is 3.13. The van der Waals surface area contributed by atoms with Crippen LogP contribution in [0, 0.1) is 13.8 Å². The van der Waals surface area contributed by atoms with Crippen molar-refractivity contribution in [3.8, 4) is 5.88 Å². The minimum atomic E-state index is 0.729. The summed E-state index contributed by atoms with van der Waals surface area (Å²) in [6.45, 7) is 4.84. The van der Waals surface area contributed by atoms with Gasteiger partial charge in [-0.2, -0.15) is 0 Å². The van der Waals surface area contributed by atoms with Gasteiger partial charge in [-0.3, -0.25) is 0 Å². The first kappa shape index (κ1) is 9.99. The van der Waals surface area contributed by atoms with Crippen LogP contribution >= 0.6 is 0 Å². The van der Waals surface area contributed by atoms with Gasteiger partial charge in [-0.05, 0) is 32.5 Å². The van der Waals surface area contributed by atoms with E-state index in [-0.39, 0.29) is 0 Å². The molecule has 0 atom stereocenters. The molecule has 0 aliphatic carbocycles. The summed E-state index contributed by atoms with van der Waals surface area (Å²) in [5, 5.41) is 3.10. The second-order valence-corrected chi connectivity index (χ2v) is 3.10. The predicted octanol–water partition coefficient (Wildman–Crippen LogP) is 1.43. The van der Waals surface area contributed by atoms with Crippen molar-refractivity contribution in [2.24, 2.45) is 0 Å². The van der Waals surface area contributed by atoms with Gasteiger partial charge in [0.25, 0.3) is 0 Å². The standard InChI is InChI=1S/C10H16N2O/c1-7-5-8(2)12-10(13-4)9(7)6-11-3/h5,11H,6H2,1-4H3. The summed E-state index contributed by atoms with van der Waals surface area (Å²) in [5.74, 6) is 0.729. The van der Waals surface area contributed by atoms with Crippen molar-refractivity contribution in [2.45, 2.75) is 20.4 Å². The van der Waals surface area contributed by atoms with E-state index < -0.39 is 0 Å². The number of methoxy groups -OCH3 is 1. The van der Waals surface area contributed by atoms with Crippen LogP contribution < -0.4 is 10.1 Å². The van der Waals surface area contributed by atoms with Crippen LogP contribution in [0.3, 0.4) is 0 Å². The van der Waals surface area contributed by atoms with Gasteiger partial charge in [0.15, 0.2) is 0 Å². The maximum atomic E-state index is 5.21. The van der Waals surface area contributed by atoms with Gasteiger partial charge in [0.05, 0.1) is 7.11 Å². The second-order valence-electron chi connectivity index (χ2n) is 3.10. The predicted molar refractivity (Wildman–Crippen MR) is 53.0 cm³/mol. The molecular formula is C10H16N2O. The molecule has 0 aliphatic rings. The zero-order valence-electron chi connectivity index (χ0n) is 8.64. The van der Waals surface area contributed by atoms with E-state index in [4.69, 9.17) is 4.74 Å². The normalized spacial score (nSPS) is 10.2. The summed E-state index contributed by atoms with van der Waals surface area (Å²) in [4.78, 5) is 4.31. The summed E-state index contributed by atoms with van der Waals surface area (Å²) in [6.07, 6.45) is 0. The molecule has 0 amide bonds. The lowest BCUT2D eigenvalue weighted by Gasteiger charge is -2.10. The van der Waals surface area contributed by atoms with Gasteiger partial charge in [0, 0.05) is 17.8 Å². The van der Waals surface area contributed by atoms with Crippen molar-refractivity contribution in [3.63, 3.8) is 0 Å². The molecule has 1 N–H and O–H groups in total. The average molecular weight is 180 g/mol. The Kier molecular flexibility index (Phi) is 3.25. The molecule has 1 rings (SSSR count). The fraction of sp³-hybridized carbons (Fsp3) is 0.500. The van der Waals surface area contributed by atoms with E-state index in [2.05, 4.69) is 23.3 Å². The maximum Gasteiger partial charge on any atom is 0.218 e. The Morgan fingerprint density at radius 3 is 2.69 bits per heavy atom. The number of nitrogens with zero attached hydrogens (tertiary/aromatic N) is 1. The molecule has 72 valence electrons. The van der Waals surface area contributed by atoms with Crippen molar-refractivity contribution in [1.29, 1.82) is 0 Å². The Labute approximate surface area is 79.1 Å². The smallest absolute Gasteiger partial charge is 0.218 e. The topological polar surface area (TPSA) is 34.2 Å². The van der Waals surface area contributed by atoms with E-state index in [0.717, 1.165) is 23.7 Å². The van der Waals surface area contributed by atoms with Gasteiger partial charge in [-0.25, -0.2) is 4.98 Å². The molecule has 0 saturated carbocycles. The second kappa shape index (κ2) is 4.23. The quantitative estimate of drug-likeness (QED) is 0.764. The minimum absolute atomic E-state index is 0.729. The van der Waals surface area contributed by atoms with Crippen molar-refractivity contribution >= 4 is 0 Å².